The van der Waals surface area contributed by atoms with Gasteiger partial charge in [0.1, 0.15) is 5.54 Å². The lowest BCUT2D eigenvalue weighted by Gasteiger charge is -2.26. The first-order chi connectivity index (χ1) is 13.3. The second-order valence-corrected chi connectivity index (χ2v) is 6.52. The molecule has 0 atom stereocenters. The van der Waals surface area contributed by atoms with Crippen LogP contribution in [0, 0.1) is 0 Å². The fourth-order valence-electron chi connectivity index (χ4n) is 3.05. The number of urea groups is 1. The van der Waals surface area contributed by atoms with Crippen LogP contribution in [0.25, 0.3) is 0 Å². The fourth-order valence-corrected chi connectivity index (χ4v) is 3.05. The number of anilines is 1. The Morgan fingerprint density at radius 2 is 2.07 bits per heavy atom. The summed E-state index contributed by atoms with van der Waals surface area (Å²) in [5, 5.41) is 9.52. The molecule has 1 aliphatic carbocycles. The zero-order chi connectivity index (χ0) is 20.2. The van der Waals surface area contributed by atoms with Crippen LogP contribution in [0.4, 0.5) is 23.7 Å². The first-order valence-corrected chi connectivity index (χ1v) is 8.87. The molecule has 0 radical (unpaired) electrons. The van der Waals surface area contributed by atoms with Gasteiger partial charge in [-0.15, -0.1) is 0 Å². The van der Waals surface area contributed by atoms with E-state index in [0.29, 0.717) is 36.7 Å². The Labute approximate surface area is 158 Å². The third-order valence-corrected chi connectivity index (χ3v) is 4.39. The first kappa shape index (κ1) is 19.9. The van der Waals surface area contributed by atoms with Crippen LogP contribution >= 0.6 is 0 Å². The van der Waals surface area contributed by atoms with Gasteiger partial charge >= 0.3 is 12.2 Å². The number of ether oxygens (including phenoxy) is 1. The summed E-state index contributed by atoms with van der Waals surface area (Å²) in [7, 11) is 0. The molecule has 0 bridgehead atoms. The van der Waals surface area contributed by atoms with Crippen molar-refractivity contribution in [2.75, 3.05) is 11.9 Å². The molecule has 1 saturated carbocycles. The maximum Gasteiger partial charge on any atom is 0.422 e. The van der Waals surface area contributed by atoms with E-state index < -0.39 is 24.4 Å². The van der Waals surface area contributed by atoms with Crippen molar-refractivity contribution in [3.63, 3.8) is 0 Å². The van der Waals surface area contributed by atoms with E-state index >= 15 is 0 Å². The number of carbonyl (C=O) groups excluding carboxylic acids is 1. The number of pyridine rings is 1. The van der Waals surface area contributed by atoms with E-state index in [1.807, 2.05) is 6.92 Å². The summed E-state index contributed by atoms with van der Waals surface area (Å²) in [5.41, 5.74) is -0.392. The van der Waals surface area contributed by atoms with E-state index in [1.165, 1.54) is 18.3 Å². The number of alkyl halides is 3. The number of nitrogens with one attached hydrogen (secondary N) is 2. The first-order valence-electron chi connectivity index (χ1n) is 8.87. The largest absolute Gasteiger partial charge is 0.468 e. The number of halogens is 3. The van der Waals surface area contributed by atoms with E-state index in [2.05, 4.69) is 30.5 Å². The molecule has 0 spiro atoms. The molecule has 152 valence electrons. The molecule has 0 aliphatic heterocycles. The van der Waals surface area contributed by atoms with Gasteiger partial charge in [-0.3, -0.25) is 0 Å². The van der Waals surface area contributed by atoms with Crippen molar-refractivity contribution in [1.29, 1.82) is 0 Å². The maximum absolute atomic E-state index is 12.4. The van der Waals surface area contributed by atoms with Gasteiger partial charge in [0.25, 0.3) is 0 Å². The molecule has 11 heteroatoms. The molecule has 3 rings (SSSR count). The van der Waals surface area contributed by atoms with Crippen LogP contribution in [-0.4, -0.2) is 33.9 Å². The van der Waals surface area contributed by atoms with Crippen LogP contribution in [-0.2, 0) is 12.0 Å². The monoisotopic (exact) mass is 399 g/mol. The highest BCUT2D eigenvalue weighted by molar-refractivity contribution is 5.89. The lowest BCUT2D eigenvalue weighted by Crippen LogP contribution is -2.46. The van der Waals surface area contributed by atoms with Crippen LogP contribution in [0.1, 0.15) is 44.3 Å². The molecule has 28 heavy (non-hydrogen) atoms. The standard InChI is InChI=1S/C17H20F3N5O3/c1-2-12-23-14(25-28-12)16(7-3-4-8-16)24-15(26)22-11-5-6-13(21-9-11)27-10-17(18,19)20/h5-6,9H,2-4,7-8,10H2,1H3,(H2,22,24,26). The second kappa shape index (κ2) is 8.03. The van der Waals surface area contributed by atoms with Crippen molar-refractivity contribution < 1.29 is 27.2 Å². The van der Waals surface area contributed by atoms with Gasteiger partial charge in [0, 0.05) is 12.5 Å². The van der Waals surface area contributed by atoms with Crippen molar-refractivity contribution >= 4 is 11.7 Å². The van der Waals surface area contributed by atoms with Crippen molar-refractivity contribution in [1.82, 2.24) is 20.4 Å². The summed E-state index contributed by atoms with van der Waals surface area (Å²) < 4.78 is 46.2. The predicted molar refractivity (Wildman–Crippen MR) is 91.8 cm³/mol. The Balaban J connectivity index is 1.62. The van der Waals surface area contributed by atoms with Crippen molar-refractivity contribution in [3.8, 4) is 5.88 Å². The number of nitrogens with zero attached hydrogens (tertiary/aromatic N) is 3. The summed E-state index contributed by atoms with van der Waals surface area (Å²) in [4.78, 5) is 20.6. The zero-order valence-corrected chi connectivity index (χ0v) is 15.2. The van der Waals surface area contributed by atoms with E-state index in [-0.39, 0.29) is 5.88 Å². The zero-order valence-electron chi connectivity index (χ0n) is 15.2. The van der Waals surface area contributed by atoms with Gasteiger partial charge in [0.05, 0.1) is 11.9 Å². The van der Waals surface area contributed by atoms with E-state index in [0.717, 1.165) is 12.8 Å². The Morgan fingerprint density at radius 1 is 1.32 bits per heavy atom. The molecule has 2 N–H and O–H groups in total. The number of carbonyl (C=O) groups is 1. The minimum Gasteiger partial charge on any atom is -0.468 e. The van der Waals surface area contributed by atoms with E-state index in [1.54, 1.807) is 0 Å². The molecule has 1 aliphatic rings. The quantitative estimate of drug-likeness (QED) is 0.770. The Bertz CT molecular complexity index is 801. The average molecular weight is 399 g/mol. The highest BCUT2D eigenvalue weighted by atomic mass is 19.4. The molecule has 2 amide bonds. The molecule has 8 nitrogen and oxygen atoms in total. The Kier molecular flexibility index (Phi) is 5.71. The summed E-state index contributed by atoms with van der Waals surface area (Å²) in [6, 6.07) is 2.17. The number of aryl methyl sites for hydroxylation is 1. The molecule has 0 saturated heterocycles. The van der Waals surface area contributed by atoms with Crippen LogP contribution in [0.15, 0.2) is 22.9 Å². The fraction of sp³-hybridized carbons (Fsp3) is 0.529. The SMILES string of the molecule is CCc1nc(C2(NC(=O)Nc3ccc(OCC(F)(F)F)nc3)CCCC2)no1. The van der Waals surface area contributed by atoms with Crippen molar-refractivity contribution in [3.05, 3.63) is 30.0 Å². The lowest BCUT2D eigenvalue weighted by atomic mass is 9.97. The third kappa shape index (κ3) is 4.90. The number of hydrogen-bond acceptors (Lipinski definition) is 6. The van der Waals surface area contributed by atoms with Gasteiger partial charge < -0.3 is 19.9 Å². The van der Waals surface area contributed by atoms with Crippen LogP contribution in [0.3, 0.4) is 0 Å². The molecule has 2 heterocycles. The summed E-state index contributed by atoms with van der Waals surface area (Å²) >= 11 is 0. The third-order valence-electron chi connectivity index (χ3n) is 4.39. The highest BCUT2D eigenvalue weighted by Gasteiger charge is 2.41. The Morgan fingerprint density at radius 3 is 2.64 bits per heavy atom. The number of aromatic nitrogens is 3. The van der Waals surface area contributed by atoms with Gasteiger partial charge in [-0.2, -0.15) is 18.2 Å². The Hall–Kier alpha value is -2.85. The molecule has 0 aromatic carbocycles. The highest BCUT2D eigenvalue weighted by Crippen LogP contribution is 2.37. The molecule has 1 fully saturated rings. The smallest absolute Gasteiger partial charge is 0.422 e. The number of hydrogen-bond donors (Lipinski definition) is 2. The van der Waals surface area contributed by atoms with E-state index in [4.69, 9.17) is 4.52 Å². The summed E-state index contributed by atoms with van der Waals surface area (Å²) in [6.45, 7) is 0.466. The van der Waals surface area contributed by atoms with Crippen LogP contribution in [0.2, 0.25) is 0 Å². The topological polar surface area (TPSA) is 102 Å². The minimum atomic E-state index is -4.44. The van der Waals surface area contributed by atoms with Gasteiger partial charge in [-0.05, 0) is 18.9 Å². The molecule has 2 aromatic rings. The minimum absolute atomic E-state index is 0.186. The van der Waals surface area contributed by atoms with Gasteiger partial charge in [0.15, 0.2) is 12.4 Å². The second-order valence-electron chi connectivity index (χ2n) is 6.52. The normalized spacial score (nSPS) is 16.0. The lowest BCUT2D eigenvalue weighted by molar-refractivity contribution is -0.154. The predicted octanol–water partition coefficient (Wildman–Crippen LogP) is 3.56. The number of rotatable bonds is 6. The molecular weight excluding hydrogens is 379 g/mol. The van der Waals surface area contributed by atoms with E-state index in [9.17, 15) is 18.0 Å². The molecular formula is C17H20F3N5O3. The van der Waals surface area contributed by atoms with Crippen molar-refractivity contribution in [2.24, 2.45) is 0 Å². The van der Waals surface area contributed by atoms with Crippen molar-refractivity contribution in [2.45, 2.75) is 50.7 Å². The summed E-state index contributed by atoms with van der Waals surface area (Å²) in [5.74, 6) is 0.766. The van der Waals surface area contributed by atoms with Gasteiger partial charge in [-0.1, -0.05) is 24.9 Å². The molecule has 2 aromatic heterocycles. The number of amides is 2. The van der Waals surface area contributed by atoms with Crippen LogP contribution < -0.4 is 15.4 Å². The van der Waals surface area contributed by atoms with Gasteiger partial charge in [-0.25, -0.2) is 9.78 Å². The molecule has 0 unspecified atom stereocenters. The average Bonchev–Trinajstić information content (AvgIpc) is 3.30. The van der Waals surface area contributed by atoms with Gasteiger partial charge in [0.2, 0.25) is 11.8 Å². The maximum atomic E-state index is 12.4. The summed E-state index contributed by atoms with van der Waals surface area (Å²) in [6.07, 6.45) is 0.587. The van der Waals surface area contributed by atoms with Crippen LogP contribution in [0.5, 0.6) is 5.88 Å².